The molecular formula is C16H23F2N3. The van der Waals surface area contributed by atoms with Crippen molar-refractivity contribution in [2.24, 2.45) is 5.92 Å². The van der Waals surface area contributed by atoms with E-state index in [-0.39, 0.29) is 5.82 Å². The molecule has 116 valence electrons. The zero-order valence-corrected chi connectivity index (χ0v) is 12.5. The summed E-state index contributed by atoms with van der Waals surface area (Å²) in [7, 11) is 0. The zero-order valence-electron chi connectivity index (χ0n) is 12.5. The Balaban J connectivity index is 1.89. The highest BCUT2D eigenvalue weighted by atomic mass is 19.1. The number of hydrogen-bond acceptors (Lipinski definition) is 3. The van der Waals surface area contributed by atoms with Gasteiger partial charge >= 0.3 is 0 Å². The van der Waals surface area contributed by atoms with Gasteiger partial charge in [-0.05, 0) is 38.0 Å². The predicted molar refractivity (Wildman–Crippen MR) is 80.6 cm³/mol. The highest BCUT2D eigenvalue weighted by Gasteiger charge is 2.36. The van der Waals surface area contributed by atoms with Gasteiger partial charge in [-0.25, -0.2) is 13.8 Å². The van der Waals surface area contributed by atoms with Gasteiger partial charge in [-0.15, -0.1) is 0 Å². The molecule has 0 amide bonds. The number of aromatic nitrogens is 1. The van der Waals surface area contributed by atoms with Gasteiger partial charge in [0.2, 0.25) is 0 Å². The first-order chi connectivity index (χ1) is 10.2. The van der Waals surface area contributed by atoms with Crippen LogP contribution in [0.25, 0.3) is 0 Å². The minimum absolute atomic E-state index is 0.174. The second-order valence-corrected chi connectivity index (χ2v) is 6.14. The standard InChI is InChI=1S/C16H23F2N3/c1-2-8-19-15-12(17)10-13(18)16(20-15)21-9-4-6-11-5-3-7-14(11)21/h10-11,14H,2-9H2,1H3,(H,19,20). The fourth-order valence-electron chi connectivity index (χ4n) is 3.74. The van der Waals surface area contributed by atoms with Crippen LogP contribution in [0.1, 0.15) is 45.4 Å². The van der Waals surface area contributed by atoms with Crippen molar-refractivity contribution in [1.82, 2.24) is 4.98 Å². The van der Waals surface area contributed by atoms with E-state index in [1.165, 1.54) is 19.3 Å². The molecule has 0 spiro atoms. The molecule has 0 bridgehead atoms. The number of anilines is 2. The van der Waals surface area contributed by atoms with Crippen LogP contribution in [0, 0.1) is 17.6 Å². The minimum Gasteiger partial charge on any atom is -0.368 e. The molecule has 0 radical (unpaired) electrons. The maximum Gasteiger partial charge on any atom is 0.168 e. The number of rotatable bonds is 4. The quantitative estimate of drug-likeness (QED) is 0.911. The zero-order chi connectivity index (χ0) is 14.8. The van der Waals surface area contributed by atoms with Crippen molar-refractivity contribution in [3.63, 3.8) is 0 Å². The molecule has 2 fully saturated rings. The minimum atomic E-state index is -0.607. The number of piperidine rings is 1. The molecule has 1 aliphatic carbocycles. The summed E-state index contributed by atoms with van der Waals surface area (Å²) in [5.74, 6) is 0.00353. The normalized spacial score (nSPS) is 25.0. The van der Waals surface area contributed by atoms with Crippen LogP contribution in [0.5, 0.6) is 0 Å². The first-order valence-electron chi connectivity index (χ1n) is 8.07. The Morgan fingerprint density at radius 1 is 1.24 bits per heavy atom. The lowest BCUT2D eigenvalue weighted by Crippen LogP contribution is -2.43. The van der Waals surface area contributed by atoms with Crippen molar-refractivity contribution in [2.45, 2.75) is 51.5 Å². The third-order valence-electron chi connectivity index (χ3n) is 4.72. The Bertz CT molecular complexity index is 507. The topological polar surface area (TPSA) is 28.2 Å². The van der Waals surface area contributed by atoms with Crippen molar-refractivity contribution in [3.8, 4) is 0 Å². The molecule has 1 aliphatic heterocycles. The maximum atomic E-state index is 14.2. The van der Waals surface area contributed by atoms with Crippen LogP contribution in [-0.2, 0) is 0 Å². The summed E-state index contributed by atoms with van der Waals surface area (Å²) in [4.78, 5) is 6.33. The van der Waals surface area contributed by atoms with Gasteiger partial charge in [0.05, 0.1) is 0 Å². The highest BCUT2D eigenvalue weighted by Crippen LogP contribution is 2.39. The van der Waals surface area contributed by atoms with Crippen LogP contribution < -0.4 is 10.2 Å². The highest BCUT2D eigenvalue weighted by molar-refractivity contribution is 5.50. The fourth-order valence-corrected chi connectivity index (χ4v) is 3.74. The number of fused-ring (bicyclic) bond motifs is 1. The first-order valence-corrected chi connectivity index (χ1v) is 8.07. The Morgan fingerprint density at radius 2 is 2.05 bits per heavy atom. The average Bonchev–Trinajstić information content (AvgIpc) is 2.95. The average molecular weight is 295 g/mol. The van der Waals surface area contributed by atoms with Crippen LogP contribution >= 0.6 is 0 Å². The molecule has 1 aromatic heterocycles. The van der Waals surface area contributed by atoms with Gasteiger partial charge in [0.25, 0.3) is 0 Å². The molecule has 2 heterocycles. The van der Waals surface area contributed by atoms with Crippen LogP contribution in [0.3, 0.4) is 0 Å². The molecule has 3 rings (SSSR count). The number of pyridine rings is 1. The van der Waals surface area contributed by atoms with Crippen LogP contribution in [0.4, 0.5) is 20.4 Å². The third kappa shape index (κ3) is 2.83. The van der Waals surface area contributed by atoms with Gasteiger partial charge < -0.3 is 10.2 Å². The SMILES string of the molecule is CCCNc1nc(N2CCCC3CCCC32)c(F)cc1F. The molecule has 3 nitrogen and oxygen atoms in total. The van der Waals surface area contributed by atoms with Crippen LogP contribution in [0.2, 0.25) is 0 Å². The molecule has 1 N–H and O–H groups in total. The van der Waals surface area contributed by atoms with E-state index in [0.717, 1.165) is 31.9 Å². The molecule has 0 aromatic carbocycles. The summed E-state index contributed by atoms with van der Waals surface area (Å²) in [5, 5.41) is 2.95. The Hall–Kier alpha value is -1.39. The summed E-state index contributed by atoms with van der Waals surface area (Å²) in [6.45, 7) is 3.47. The van der Waals surface area contributed by atoms with Crippen molar-refractivity contribution < 1.29 is 8.78 Å². The van der Waals surface area contributed by atoms with E-state index in [0.29, 0.717) is 24.3 Å². The van der Waals surface area contributed by atoms with Gasteiger partial charge in [-0.1, -0.05) is 13.3 Å². The van der Waals surface area contributed by atoms with Crippen LogP contribution in [-0.4, -0.2) is 24.1 Å². The summed E-state index contributed by atoms with van der Waals surface area (Å²) in [6, 6.07) is 1.35. The molecule has 1 aromatic rings. The number of nitrogens with one attached hydrogen (secondary N) is 1. The number of halogens is 2. The van der Waals surface area contributed by atoms with E-state index in [4.69, 9.17) is 0 Å². The van der Waals surface area contributed by atoms with Gasteiger partial charge in [0, 0.05) is 25.2 Å². The van der Waals surface area contributed by atoms with Crippen molar-refractivity contribution in [1.29, 1.82) is 0 Å². The fraction of sp³-hybridized carbons (Fsp3) is 0.688. The predicted octanol–water partition coefficient (Wildman–Crippen LogP) is 3.95. The van der Waals surface area contributed by atoms with E-state index in [1.807, 2.05) is 6.92 Å². The van der Waals surface area contributed by atoms with Crippen molar-refractivity contribution >= 4 is 11.6 Å². The van der Waals surface area contributed by atoms with Gasteiger partial charge in [0.15, 0.2) is 23.3 Å². The Morgan fingerprint density at radius 3 is 2.86 bits per heavy atom. The summed E-state index contributed by atoms with van der Waals surface area (Å²) >= 11 is 0. The maximum absolute atomic E-state index is 14.2. The Kier molecular flexibility index (Phi) is 4.27. The molecular weight excluding hydrogens is 272 g/mol. The summed E-state index contributed by atoms with van der Waals surface area (Å²) in [6.07, 6.45) is 6.70. The lowest BCUT2D eigenvalue weighted by atomic mass is 9.92. The molecule has 5 heteroatoms. The molecule has 1 saturated heterocycles. The second-order valence-electron chi connectivity index (χ2n) is 6.14. The van der Waals surface area contributed by atoms with E-state index >= 15 is 0 Å². The monoisotopic (exact) mass is 295 g/mol. The molecule has 21 heavy (non-hydrogen) atoms. The summed E-state index contributed by atoms with van der Waals surface area (Å²) < 4.78 is 28.0. The molecule has 1 saturated carbocycles. The smallest absolute Gasteiger partial charge is 0.168 e. The Labute approximate surface area is 124 Å². The van der Waals surface area contributed by atoms with Gasteiger partial charge in [-0.3, -0.25) is 0 Å². The number of hydrogen-bond donors (Lipinski definition) is 1. The number of nitrogens with zero attached hydrogens (tertiary/aromatic N) is 2. The van der Waals surface area contributed by atoms with Crippen molar-refractivity contribution in [2.75, 3.05) is 23.3 Å². The largest absolute Gasteiger partial charge is 0.368 e. The van der Waals surface area contributed by atoms with E-state index in [1.54, 1.807) is 0 Å². The van der Waals surface area contributed by atoms with Gasteiger partial charge in [0.1, 0.15) is 0 Å². The second kappa shape index (κ2) is 6.16. The third-order valence-corrected chi connectivity index (χ3v) is 4.72. The molecule has 2 unspecified atom stereocenters. The summed E-state index contributed by atoms with van der Waals surface area (Å²) in [5.41, 5.74) is 0. The van der Waals surface area contributed by atoms with E-state index < -0.39 is 11.6 Å². The van der Waals surface area contributed by atoms with Crippen molar-refractivity contribution in [3.05, 3.63) is 17.7 Å². The van der Waals surface area contributed by atoms with Gasteiger partial charge in [-0.2, -0.15) is 0 Å². The van der Waals surface area contributed by atoms with E-state index in [2.05, 4.69) is 15.2 Å². The van der Waals surface area contributed by atoms with Crippen LogP contribution in [0.15, 0.2) is 6.07 Å². The molecule has 2 aliphatic rings. The molecule has 2 atom stereocenters. The lowest BCUT2D eigenvalue weighted by molar-refractivity contribution is 0.357. The first kappa shape index (κ1) is 14.5. The lowest BCUT2D eigenvalue weighted by Gasteiger charge is -2.38. The van der Waals surface area contributed by atoms with E-state index in [9.17, 15) is 8.78 Å².